The molecule has 32 heavy (non-hydrogen) atoms. The maximum atomic E-state index is 6.26. The SMILES string of the molecule is c1cc2oc3cccc4c3c2c(c1)c1ccc2c(c3cccc5c6ccccc6n2c53)c14. The predicted molar refractivity (Wildman–Crippen MR) is 135 cm³/mol. The third kappa shape index (κ3) is 1.52. The molecule has 6 aromatic carbocycles. The van der Waals surface area contributed by atoms with Gasteiger partial charge in [0.2, 0.25) is 0 Å². The number of aromatic nitrogens is 1. The summed E-state index contributed by atoms with van der Waals surface area (Å²) in [7, 11) is 0. The van der Waals surface area contributed by atoms with E-state index in [9.17, 15) is 0 Å². The van der Waals surface area contributed by atoms with Crippen LogP contribution in [0, 0.1) is 0 Å². The van der Waals surface area contributed by atoms with E-state index in [2.05, 4.69) is 95.4 Å². The summed E-state index contributed by atoms with van der Waals surface area (Å²) < 4.78 is 8.72. The first-order valence-corrected chi connectivity index (χ1v) is 11.0. The van der Waals surface area contributed by atoms with Gasteiger partial charge in [0.1, 0.15) is 11.2 Å². The Balaban J connectivity index is 1.71. The first kappa shape index (κ1) is 15.5. The third-order valence-corrected chi connectivity index (χ3v) is 7.47. The summed E-state index contributed by atoms with van der Waals surface area (Å²) in [4.78, 5) is 0. The molecular formula is C30H15NO. The van der Waals surface area contributed by atoms with Gasteiger partial charge in [-0.3, -0.25) is 0 Å². The van der Waals surface area contributed by atoms with E-state index < -0.39 is 0 Å². The Labute approximate surface area is 181 Å². The number of furan rings is 1. The van der Waals surface area contributed by atoms with Crippen molar-refractivity contribution < 1.29 is 4.42 Å². The largest absolute Gasteiger partial charge is 0.456 e. The van der Waals surface area contributed by atoms with Crippen molar-refractivity contribution in [3.05, 3.63) is 91.0 Å². The fourth-order valence-corrected chi connectivity index (χ4v) is 6.32. The van der Waals surface area contributed by atoms with Crippen molar-refractivity contribution in [2.75, 3.05) is 0 Å². The third-order valence-electron chi connectivity index (χ3n) is 7.47. The Morgan fingerprint density at radius 3 is 1.97 bits per heavy atom. The molecule has 2 heteroatoms. The molecule has 3 heterocycles. The molecule has 9 aromatic rings. The highest BCUT2D eigenvalue weighted by Crippen LogP contribution is 2.47. The second-order valence-electron chi connectivity index (χ2n) is 8.90. The van der Waals surface area contributed by atoms with Gasteiger partial charge in [-0.15, -0.1) is 0 Å². The quantitative estimate of drug-likeness (QED) is 0.231. The molecule has 0 unspecified atom stereocenters. The summed E-state index contributed by atoms with van der Waals surface area (Å²) in [6, 6.07) is 33.0. The Morgan fingerprint density at radius 2 is 1.06 bits per heavy atom. The van der Waals surface area contributed by atoms with E-state index in [1.54, 1.807) is 0 Å². The molecule has 0 radical (unpaired) electrons. The minimum Gasteiger partial charge on any atom is -0.456 e. The molecule has 0 atom stereocenters. The van der Waals surface area contributed by atoms with E-state index in [1.807, 2.05) is 0 Å². The molecule has 0 N–H and O–H groups in total. The van der Waals surface area contributed by atoms with Crippen LogP contribution in [0.4, 0.5) is 0 Å². The molecule has 2 nitrogen and oxygen atoms in total. The number of rotatable bonds is 0. The first-order valence-electron chi connectivity index (χ1n) is 11.0. The van der Waals surface area contributed by atoms with Crippen molar-refractivity contribution >= 4 is 81.6 Å². The second-order valence-corrected chi connectivity index (χ2v) is 8.90. The normalized spacial score (nSPS) is 13.0. The molecule has 9 rings (SSSR count). The van der Waals surface area contributed by atoms with Crippen LogP contribution in [0.25, 0.3) is 81.6 Å². The average molecular weight is 405 g/mol. The number of hydrogen-bond donors (Lipinski definition) is 0. The Morgan fingerprint density at radius 1 is 0.406 bits per heavy atom. The van der Waals surface area contributed by atoms with Crippen LogP contribution in [0.1, 0.15) is 0 Å². The van der Waals surface area contributed by atoms with E-state index in [4.69, 9.17) is 4.42 Å². The smallest absolute Gasteiger partial charge is 0.136 e. The summed E-state index contributed by atoms with van der Waals surface area (Å²) >= 11 is 0. The Hall–Kier alpha value is -4.30. The Kier molecular flexibility index (Phi) is 2.40. The molecule has 0 aliphatic heterocycles. The van der Waals surface area contributed by atoms with Gasteiger partial charge >= 0.3 is 0 Å². The minimum atomic E-state index is 0.967. The summed E-state index contributed by atoms with van der Waals surface area (Å²) in [5, 5.41) is 13.0. The van der Waals surface area contributed by atoms with Gasteiger partial charge in [0.05, 0.1) is 16.6 Å². The van der Waals surface area contributed by atoms with Crippen LogP contribution in [0.5, 0.6) is 0 Å². The predicted octanol–water partition coefficient (Wildman–Crippen LogP) is 8.48. The van der Waals surface area contributed by atoms with Gasteiger partial charge in [0.25, 0.3) is 0 Å². The lowest BCUT2D eigenvalue weighted by atomic mass is 9.91. The van der Waals surface area contributed by atoms with E-state index >= 15 is 0 Å². The van der Waals surface area contributed by atoms with Gasteiger partial charge in [-0.25, -0.2) is 0 Å². The van der Waals surface area contributed by atoms with E-state index in [1.165, 1.54) is 70.4 Å². The molecule has 0 saturated carbocycles. The molecule has 0 aliphatic carbocycles. The fraction of sp³-hybridized carbons (Fsp3) is 0. The van der Waals surface area contributed by atoms with Crippen molar-refractivity contribution in [2.45, 2.75) is 0 Å². The number of fused-ring (bicyclic) bond motifs is 10. The minimum absolute atomic E-state index is 0.967. The number of para-hydroxylation sites is 2. The van der Waals surface area contributed by atoms with Crippen LogP contribution in [-0.4, -0.2) is 4.40 Å². The number of nitrogens with zero attached hydrogens (tertiary/aromatic N) is 1. The average Bonchev–Trinajstić information content (AvgIpc) is 3.50. The van der Waals surface area contributed by atoms with Gasteiger partial charge in [0, 0.05) is 37.7 Å². The fourth-order valence-electron chi connectivity index (χ4n) is 6.32. The van der Waals surface area contributed by atoms with Crippen molar-refractivity contribution in [2.24, 2.45) is 0 Å². The molecule has 0 aliphatic rings. The van der Waals surface area contributed by atoms with Gasteiger partial charge in [-0.1, -0.05) is 66.7 Å². The second kappa shape index (κ2) is 4.95. The number of benzene rings is 6. The molecular weight excluding hydrogens is 390 g/mol. The molecule has 0 saturated heterocycles. The molecule has 0 fully saturated rings. The van der Waals surface area contributed by atoms with Crippen LogP contribution in [0.2, 0.25) is 0 Å². The lowest BCUT2D eigenvalue weighted by Gasteiger charge is -2.10. The van der Waals surface area contributed by atoms with Crippen LogP contribution >= 0.6 is 0 Å². The summed E-state index contributed by atoms with van der Waals surface area (Å²) in [6.45, 7) is 0. The van der Waals surface area contributed by atoms with Crippen LogP contribution in [0.3, 0.4) is 0 Å². The maximum absolute atomic E-state index is 6.26. The zero-order chi connectivity index (χ0) is 20.6. The summed E-state index contributed by atoms with van der Waals surface area (Å²) in [6.07, 6.45) is 0. The van der Waals surface area contributed by atoms with E-state index in [-0.39, 0.29) is 0 Å². The van der Waals surface area contributed by atoms with E-state index in [0.29, 0.717) is 0 Å². The van der Waals surface area contributed by atoms with E-state index in [0.717, 1.165) is 11.2 Å². The molecule has 146 valence electrons. The van der Waals surface area contributed by atoms with Gasteiger partial charge in [0.15, 0.2) is 0 Å². The maximum Gasteiger partial charge on any atom is 0.136 e. The molecule has 0 spiro atoms. The number of hydrogen-bond acceptors (Lipinski definition) is 1. The highest BCUT2D eigenvalue weighted by Gasteiger charge is 2.22. The van der Waals surface area contributed by atoms with Crippen LogP contribution in [0.15, 0.2) is 95.4 Å². The molecule has 3 aromatic heterocycles. The molecule has 0 bridgehead atoms. The van der Waals surface area contributed by atoms with Gasteiger partial charge < -0.3 is 8.82 Å². The lowest BCUT2D eigenvalue weighted by molar-refractivity contribution is 0.669. The lowest BCUT2D eigenvalue weighted by Crippen LogP contribution is -1.85. The highest BCUT2D eigenvalue weighted by molar-refractivity contribution is 6.40. The topological polar surface area (TPSA) is 17.6 Å². The first-order chi connectivity index (χ1) is 15.9. The standard InChI is InChI=1S/C30H15NO/c1-2-11-22-16(6-1)19-8-3-10-21-27-23(31(22)30(19)21)15-14-18-17-7-4-12-24-28(17)29-20(26(18)27)9-5-13-25(29)32-24/h1-15H. The summed E-state index contributed by atoms with van der Waals surface area (Å²) in [5.74, 6) is 0. The van der Waals surface area contributed by atoms with Crippen molar-refractivity contribution in [3.63, 3.8) is 0 Å². The van der Waals surface area contributed by atoms with Crippen LogP contribution in [-0.2, 0) is 0 Å². The van der Waals surface area contributed by atoms with Crippen molar-refractivity contribution in [3.8, 4) is 0 Å². The van der Waals surface area contributed by atoms with Crippen molar-refractivity contribution in [1.29, 1.82) is 0 Å². The summed E-state index contributed by atoms with van der Waals surface area (Å²) in [5.41, 5.74) is 5.80. The zero-order valence-corrected chi connectivity index (χ0v) is 17.0. The van der Waals surface area contributed by atoms with Gasteiger partial charge in [-0.2, -0.15) is 0 Å². The monoisotopic (exact) mass is 405 g/mol. The Bertz CT molecular complexity index is 2190. The molecule has 0 amide bonds. The highest BCUT2D eigenvalue weighted by atomic mass is 16.3. The van der Waals surface area contributed by atoms with Crippen LogP contribution < -0.4 is 0 Å². The van der Waals surface area contributed by atoms with Gasteiger partial charge in [-0.05, 0) is 40.4 Å². The zero-order valence-electron chi connectivity index (χ0n) is 17.0. The van der Waals surface area contributed by atoms with Crippen molar-refractivity contribution in [1.82, 2.24) is 4.40 Å².